The molecule has 5 heteroatoms. The third-order valence-corrected chi connectivity index (χ3v) is 5.24. The third kappa shape index (κ3) is 4.14. The highest BCUT2D eigenvalue weighted by atomic mass is 35.5. The lowest BCUT2D eigenvalue weighted by atomic mass is 10.0. The first-order valence-electron chi connectivity index (χ1n) is 9.66. The molecular formula is C25H21ClN2O2. The van der Waals surface area contributed by atoms with E-state index in [-0.39, 0.29) is 5.91 Å². The Balaban J connectivity index is 1.63. The number of halogens is 1. The zero-order chi connectivity index (χ0) is 21.1. The molecule has 0 spiro atoms. The molecule has 0 aromatic heterocycles. The molecule has 3 aromatic rings. The molecule has 0 N–H and O–H groups in total. The Bertz CT molecular complexity index is 1150. The lowest BCUT2D eigenvalue weighted by molar-refractivity contribution is -0.114. The van der Waals surface area contributed by atoms with Crippen LogP contribution in [0, 0.1) is 6.92 Å². The number of benzene rings is 3. The second-order valence-corrected chi connectivity index (χ2v) is 7.52. The van der Waals surface area contributed by atoms with Crippen LogP contribution in [0.5, 0.6) is 5.75 Å². The molecule has 0 unspecified atom stereocenters. The Morgan fingerprint density at radius 2 is 1.73 bits per heavy atom. The van der Waals surface area contributed by atoms with E-state index in [1.54, 1.807) is 0 Å². The molecule has 1 aliphatic heterocycles. The summed E-state index contributed by atoms with van der Waals surface area (Å²) in [4.78, 5) is 13.0. The van der Waals surface area contributed by atoms with E-state index in [1.807, 2.05) is 92.7 Å². The lowest BCUT2D eigenvalue weighted by Crippen LogP contribution is -2.21. The zero-order valence-corrected chi connectivity index (χ0v) is 17.6. The number of aryl methyl sites for hydroxylation is 1. The van der Waals surface area contributed by atoms with Gasteiger partial charge in [0.05, 0.1) is 17.0 Å². The van der Waals surface area contributed by atoms with Crippen LogP contribution < -0.4 is 9.75 Å². The van der Waals surface area contributed by atoms with Gasteiger partial charge in [0.15, 0.2) is 0 Å². The second kappa shape index (κ2) is 8.56. The maximum atomic E-state index is 13.0. The van der Waals surface area contributed by atoms with E-state index in [4.69, 9.17) is 16.3 Å². The Hall–Kier alpha value is -3.37. The van der Waals surface area contributed by atoms with E-state index < -0.39 is 0 Å². The van der Waals surface area contributed by atoms with E-state index in [9.17, 15) is 4.79 Å². The average molecular weight is 417 g/mol. The van der Waals surface area contributed by atoms with Crippen LogP contribution >= 0.6 is 11.6 Å². The van der Waals surface area contributed by atoms with Gasteiger partial charge in [0.1, 0.15) is 12.4 Å². The third-order valence-electron chi connectivity index (χ3n) is 4.87. The summed E-state index contributed by atoms with van der Waals surface area (Å²) in [6, 6.07) is 22.9. The Kier molecular flexibility index (Phi) is 5.68. The van der Waals surface area contributed by atoms with Gasteiger partial charge in [-0.25, -0.2) is 0 Å². The number of amides is 1. The van der Waals surface area contributed by atoms with Crippen molar-refractivity contribution in [2.75, 3.05) is 5.01 Å². The molecule has 4 rings (SSSR count). The fraction of sp³-hybridized carbons (Fsp3) is 0.120. The summed E-state index contributed by atoms with van der Waals surface area (Å²) in [5, 5.41) is 6.54. The van der Waals surface area contributed by atoms with Crippen molar-refractivity contribution in [3.05, 3.63) is 100 Å². The Morgan fingerprint density at radius 1 is 1.00 bits per heavy atom. The molecule has 0 atom stereocenters. The van der Waals surface area contributed by atoms with Gasteiger partial charge < -0.3 is 4.74 Å². The maximum absolute atomic E-state index is 13.0. The van der Waals surface area contributed by atoms with E-state index in [2.05, 4.69) is 5.10 Å². The van der Waals surface area contributed by atoms with Crippen LogP contribution in [0.2, 0.25) is 5.02 Å². The molecule has 0 radical (unpaired) electrons. The fourth-order valence-corrected chi connectivity index (χ4v) is 3.46. The summed E-state index contributed by atoms with van der Waals surface area (Å²) >= 11 is 6.25. The van der Waals surface area contributed by atoms with Gasteiger partial charge in [-0.1, -0.05) is 59.6 Å². The average Bonchev–Trinajstić information content (AvgIpc) is 3.03. The minimum Gasteiger partial charge on any atom is -0.488 e. The number of carbonyl (C=O) groups excluding carboxylic acids is 1. The highest BCUT2D eigenvalue weighted by Gasteiger charge is 2.28. The highest BCUT2D eigenvalue weighted by molar-refractivity contribution is 6.32. The molecule has 1 aliphatic rings. The molecule has 0 saturated heterocycles. The van der Waals surface area contributed by atoms with Crippen molar-refractivity contribution in [3.8, 4) is 5.75 Å². The number of hydrogen-bond acceptors (Lipinski definition) is 3. The first-order valence-corrected chi connectivity index (χ1v) is 10.0. The van der Waals surface area contributed by atoms with Crippen LogP contribution in [0.25, 0.3) is 6.08 Å². The van der Waals surface area contributed by atoms with Gasteiger partial charge in [-0.05, 0) is 50.3 Å². The normalized spacial score (nSPS) is 14.9. The molecule has 0 bridgehead atoms. The van der Waals surface area contributed by atoms with E-state index >= 15 is 0 Å². The van der Waals surface area contributed by atoms with Gasteiger partial charge >= 0.3 is 0 Å². The number of hydrogen-bond donors (Lipinski definition) is 0. The topological polar surface area (TPSA) is 41.9 Å². The summed E-state index contributed by atoms with van der Waals surface area (Å²) in [6.45, 7) is 4.19. The molecule has 0 saturated carbocycles. The molecule has 3 aromatic carbocycles. The van der Waals surface area contributed by atoms with E-state index in [0.29, 0.717) is 28.7 Å². The second-order valence-electron chi connectivity index (χ2n) is 7.12. The number of ether oxygens (including phenoxy) is 1. The number of anilines is 1. The van der Waals surface area contributed by atoms with Crippen LogP contribution in [0.4, 0.5) is 5.69 Å². The smallest absolute Gasteiger partial charge is 0.280 e. The Labute approximate surface area is 181 Å². The molecular weight excluding hydrogens is 396 g/mol. The fourth-order valence-electron chi connectivity index (χ4n) is 3.27. The van der Waals surface area contributed by atoms with Crippen LogP contribution in [0.3, 0.4) is 0 Å². The first kappa shape index (κ1) is 19.9. The number of nitrogens with zero attached hydrogens (tertiary/aromatic N) is 2. The number of para-hydroxylation sites is 1. The van der Waals surface area contributed by atoms with Gasteiger partial charge in [-0.15, -0.1) is 0 Å². The van der Waals surface area contributed by atoms with Gasteiger partial charge in [0, 0.05) is 16.1 Å². The van der Waals surface area contributed by atoms with Gasteiger partial charge in [0.25, 0.3) is 5.91 Å². The summed E-state index contributed by atoms with van der Waals surface area (Å²) in [7, 11) is 0. The molecule has 0 aliphatic carbocycles. The van der Waals surface area contributed by atoms with Crippen molar-refractivity contribution in [2.24, 2.45) is 5.10 Å². The van der Waals surface area contributed by atoms with Crippen molar-refractivity contribution in [3.63, 3.8) is 0 Å². The van der Waals surface area contributed by atoms with Crippen LogP contribution in [0.1, 0.15) is 23.6 Å². The van der Waals surface area contributed by atoms with E-state index in [1.165, 1.54) is 5.01 Å². The van der Waals surface area contributed by atoms with Gasteiger partial charge in [-0.3, -0.25) is 4.79 Å². The summed E-state index contributed by atoms with van der Waals surface area (Å²) < 4.78 is 6.06. The molecule has 1 amide bonds. The summed E-state index contributed by atoms with van der Waals surface area (Å²) in [5.74, 6) is 0.532. The van der Waals surface area contributed by atoms with Crippen LogP contribution in [-0.2, 0) is 11.4 Å². The molecule has 30 heavy (non-hydrogen) atoms. The molecule has 1 heterocycles. The van der Waals surface area contributed by atoms with Crippen molar-refractivity contribution >= 4 is 35.0 Å². The van der Waals surface area contributed by atoms with Gasteiger partial charge in [0.2, 0.25) is 0 Å². The van der Waals surface area contributed by atoms with Crippen LogP contribution in [0.15, 0.2) is 83.5 Å². The predicted molar refractivity (Wildman–Crippen MR) is 122 cm³/mol. The van der Waals surface area contributed by atoms with Crippen molar-refractivity contribution in [1.82, 2.24) is 0 Å². The number of hydrazone groups is 1. The van der Waals surface area contributed by atoms with Crippen molar-refractivity contribution in [2.45, 2.75) is 20.5 Å². The van der Waals surface area contributed by atoms with E-state index in [0.717, 1.165) is 22.4 Å². The molecule has 0 fully saturated rings. The monoisotopic (exact) mass is 416 g/mol. The van der Waals surface area contributed by atoms with Crippen LogP contribution in [-0.4, -0.2) is 11.6 Å². The first-order chi connectivity index (χ1) is 14.5. The lowest BCUT2D eigenvalue weighted by Gasteiger charge is -2.13. The minimum atomic E-state index is -0.155. The Morgan fingerprint density at radius 3 is 2.50 bits per heavy atom. The summed E-state index contributed by atoms with van der Waals surface area (Å²) in [5.41, 5.74) is 4.77. The largest absolute Gasteiger partial charge is 0.488 e. The highest BCUT2D eigenvalue weighted by Crippen LogP contribution is 2.29. The summed E-state index contributed by atoms with van der Waals surface area (Å²) in [6.07, 6.45) is 1.85. The quantitative estimate of drug-likeness (QED) is 0.476. The van der Waals surface area contributed by atoms with Crippen molar-refractivity contribution in [1.29, 1.82) is 0 Å². The number of rotatable bonds is 5. The maximum Gasteiger partial charge on any atom is 0.280 e. The number of carbonyl (C=O) groups is 1. The molecule has 4 nitrogen and oxygen atoms in total. The zero-order valence-electron chi connectivity index (χ0n) is 16.8. The minimum absolute atomic E-state index is 0.155. The molecule has 150 valence electrons. The van der Waals surface area contributed by atoms with Gasteiger partial charge in [-0.2, -0.15) is 10.1 Å². The van der Waals surface area contributed by atoms with Crippen molar-refractivity contribution < 1.29 is 9.53 Å². The standard InChI is InChI=1S/C25H21ClN2O2/c1-17-12-13-24(30-16-19-8-6-7-11-23(19)26)20(14-17)15-22-18(2)27-28(25(22)29)21-9-4-3-5-10-21/h3-15H,16H2,1-2H3. The SMILES string of the molecule is CC1=NN(c2ccccc2)C(=O)C1=Cc1cc(C)ccc1OCc1ccccc1Cl. The predicted octanol–water partition coefficient (Wildman–Crippen LogP) is 6.03.